The van der Waals surface area contributed by atoms with Crippen molar-refractivity contribution in [2.24, 2.45) is 5.92 Å². The molecule has 0 aliphatic carbocycles. The average Bonchev–Trinajstić information content (AvgIpc) is 2.95. The van der Waals surface area contributed by atoms with E-state index >= 15 is 0 Å². The first-order valence-corrected chi connectivity index (χ1v) is 10.0. The number of urea groups is 1. The number of amides is 2. The number of carbonyl (C=O) groups excluding carboxylic acids is 1. The molecule has 0 aliphatic rings. The SMILES string of the molecule is CSc1cccc(NC(=O)N[C@H](c2oc3ccc(F)cc3c2C)C(C)C)c1. The summed E-state index contributed by atoms with van der Waals surface area (Å²) in [6.45, 7) is 5.90. The molecule has 4 nitrogen and oxygen atoms in total. The van der Waals surface area contributed by atoms with E-state index in [9.17, 15) is 9.18 Å². The number of halogens is 1. The number of thioether (sulfide) groups is 1. The van der Waals surface area contributed by atoms with Crippen molar-refractivity contribution in [2.45, 2.75) is 31.7 Å². The Bertz CT molecular complexity index is 968. The zero-order valence-corrected chi connectivity index (χ0v) is 16.6. The molecule has 0 spiro atoms. The van der Waals surface area contributed by atoms with Crippen molar-refractivity contribution in [2.75, 3.05) is 11.6 Å². The van der Waals surface area contributed by atoms with E-state index in [4.69, 9.17) is 4.42 Å². The third-order valence-corrected chi connectivity index (χ3v) is 5.22. The van der Waals surface area contributed by atoms with Crippen LogP contribution in [0.3, 0.4) is 0 Å². The summed E-state index contributed by atoms with van der Waals surface area (Å²) < 4.78 is 19.5. The Balaban J connectivity index is 1.83. The van der Waals surface area contributed by atoms with Gasteiger partial charge in [-0.2, -0.15) is 0 Å². The lowest BCUT2D eigenvalue weighted by atomic mass is 9.98. The van der Waals surface area contributed by atoms with Crippen LogP contribution < -0.4 is 10.6 Å². The number of hydrogen-bond donors (Lipinski definition) is 2. The second-order valence-electron chi connectivity index (χ2n) is 6.78. The van der Waals surface area contributed by atoms with Crippen molar-refractivity contribution >= 4 is 34.4 Å². The molecule has 142 valence electrons. The molecule has 27 heavy (non-hydrogen) atoms. The van der Waals surface area contributed by atoms with Gasteiger partial charge in [0.05, 0.1) is 6.04 Å². The molecule has 1 aromatic heterocycles. The van der Waals surface area contributed by atoms with Gasteiger partial charge in [-0.05, 0) is 55.5 Å². The quantitative estimate of drug-likeness (QED) is 0.519. The number of furan rings is 1. The number of anilines is 1. The summed E-state index contributed by atoms with van der Waals surface area (Å²) in [6, 6.07) is 11.5. The summed E-state index contributed by atoms with van der Waals surface area (Å²) in [5.74, 6) is 0.439. The number of carbonyl (C=O) groups is 1. The van der Waals surface area contributed by atoms with Crippen LogP contribution in [0.4, 0.5) is 14.9 Å². The van der Waals surface area contributed by atoms with Crippen molar-refractivity contribution < 1.29 is 13.6 Å². The smallest absolute Gasteiger partial charge is 0.319 e. The van der Waals surface area contributed by atoms with Crippen molar-refractivity contribution in [3.63, 3.8) is 0 Å². The second-order valence-corrected chi connectivity index (χ2v) is 7.66. The van der Waals surface area contributed by atoms with Crippen LogP contribution in [0.5, 0.6) is 0 Å². The molecule has 2 N–H and O–H groups in total. The molecule has 3 aromatic rings. The molecule has 0 aliphatic heterocycles. The average molecular weight is 386 g/mol. The highest BCUT2D eigenvalue weighted by molar-refractivity contribution is 7.98. The summed E-state index contributed by atoms with van der Waals surface area (Å²) >= 11 is 1.61. The Morgan fingerprint density at radius 3 is 2.67 bits per heavy atom. The zero-order valence-electron chi connectivity index (χ0n) is 15.8. The minimum absolute atomic E-state index is 0.0948. The van der Waals surface area contributed by atoms with Gasteiger partial charge >= 0.3 is 6.03 Å². The molecule has 1 atom stereocenters. The largest absolute Gasteiger partial charge is 0.459 e. The summed E-state index contributed by atoms with van der Waals surface area (Å²) in [6.07, 6.45) is 1.99. The lowest BCUT2D eigenvalue weighted by molar-refractivity contribution is 0.241. The lowest BCUT2D eigenvalue weighted by Gasteiger charge is -2.21. The number of rotatable bonds is 5. The number of aryl methyl sites for hydroxylation is 1. The van der Waals surface area contributed by atoms with Crippen LogP contribution in [0.15, 0.2) is 51.8 Å². The maximum absolute atomic E-state index is 13.6. The van der Waals surface area contributed by atoms with Crippen molar-refractivity contribution in [3.05, 3.63) is 59.6 Å². The first-order chi connectivity index (χ1) is 12.9. The van der Waals surface area contributed by atoms with Gasteiger partial charge in [0.15, 0.2) is 0 Å². The van der Waals surface area contributed by atoms with Gasteiger partial charge in [0.1, 0.15) is 17.2 Å². The molecule has 1 heterocycles. The predicted molar refractivity (Wildman–Crippen MR) is 109 cm³/mol. The Labute approximate surface area is 162 Å². The van der Waals surface area contributed by atoms with E-state index in [2.05, 4.69) is 10.6 Å². The minimum Gasteiger partial charge on any atom is -0.459 e. The van der Waals surface area contributed by atoms with Crippen LogP contribution >= 0.6 is 11.8 Å². The van der Waals surface area contributed by atoms with E-state index in [0.29, 0.717) is 11.3 Å². The Hall–Kier alpha value is -2.47. The molecular weight excluding hydrogens is 363 g/mol. The van der Waals surface area contributed by atoms with Crippen molar-refractivity contribution in [3.8, 4) is 0 Å². The van der Waals surface area contributed by atoms with Crippen LogP contribution in [-0.2, 0) is 0 Å². The van der Waals surface area contributed by atoms with E-state index in [1.165, 1.54) is 12.1 Å². The molecule has 0 saturated carbocycles. The molecule has 0 unspecified atom stereocenters. The zero-order chi connectivity index (χ0) is 19.6. The van der Waals surface area contributed by atoms with Gasteiger partial charge < -0.3 is 15.1 Å². The highest BCUT2D eigenvalue weighted by atomic mass is 32.2. The highest BCUT2D eigenvalue weighted by Crippen LogP contribution is 2.33. The first-order valence-electron chi connectivity index (χ1n) is 8.79. The van der Waals surface area contributed by atoms with E-state index in [-0.39, 0.29) is 23.8 Å². The summed E-state index contributed by atoms with van der Waals surface area (Å²) in [5, 5.41) is 6.59. The predicted octanol–water partition coefficient (Wildman–Crippen LogP) is 6.12. The van der Waals surface area contributed by atoms with Crippen molar-refractivity contribution in [1.82, 2.24) is 5.32 Å². The standard InChI is InChI=1S/C21H23FN2O2S/c1-12(2)19(20-13(3)17-10-14(22)8-9-18(17)26-20)24-21(25)23-15-6-5-7-16(11-15)27-4/h5-12,19H,1-4H3,(H2,23,24,25)/t19-/m0/s1. The van der Waals surface area contributed by atoms with Gasteiger partial charge in [0, 0.05) is 21.5 Å². The van der Waals surface area contributed by atoms with Gasteiger partial charge in [-0.3, -0.25) is 0 Å². The summed E-state index contributed by atoms with van der Waals surface area (Å²) in [7, 11) is 0. The molecule has 0 bridgehead atoms. The molecule has 2 amide bonds. The van der Waals surface area contributed by atoms with E-state index in [0.717, 1.165) is 21.5 Å². The van der Waals surface area contributed by atoms with Crippen LogP contribution in [0.1, 0.15) is 31.2 Å². The monoisotopic (exact) mass is 386 g/mol. The highest BCUT2D eigenvalue weighted by Gasteiger charge is 2.25. The number of hydrogen-bond acceptors (Lipinski definition) is 3. The van der Waals surface area contributed by atoms with Gasteiger partial charge in [-0.1, -0.05) is 19.9 Å². The van der Waals surface area contributed by atoms with Crippen LogP contribution in [0.2, 0.25) is 0 Å². The molecule has 2 aromatic carbocycles. The molecule has 3 rings (SSSR count). The fraction of sp³-hybridized carbons (Fsp3) is 0.286. The Morgan fingerprint density at radius 1 is 1.19 bits per heavy atom. The maximum atomic E-state index is 13.6. The number of benzene rings is 2. The summed E-state index contributed by atoms with van der Waals surface area (Å²) in [4.78, 5) is 13.6. The molecule has 0 fully saturated rings. The topological polar surface area (TPSA) is 54.3 Å². The first kappa shape index (κ1) is 19.3. The minimum atomic E-state index is -0.329. The van der Waals surface area contributed by atoms with Crippen LogP contribution in [0.25, 0.3) is 11.0 Å². The van der Waals surface area contributed by atoms with Gasteiger partial charge in [-0.25, -0.2) is 9.18 Å². The molecule has 0 radical (unpaired) electrons. The fourth-order valence-electron chi connectivity index (χ4n) is 3.05. The van der Waals surface area contributed by atoms with Crippen LogP contribution in [-0.4, -0.2) is 12.3 Å². The number of fused-ring (bicyclic) bond motifs is 1. The third kappa shape index (κ3) is 4.27. The normalized spacial score (nSPS) is 12.4. The van der Waals surface area contributed by atoms with E-state index in [1.807, 2.05) is 51.3 Å². The van der Waals surface area contributed by atoms with Gasteiger partial charge in [0.2, 0.25) is 0 Å². The van der Waals surface area contributed by atoms with Crippen LogP contribution in [0, 0.1) is 18.7 Å². The fourth-order valence-corrected chi connectivity index (χ4v) is 3.51. The van der Waals surface area contributed by atoms with Gasteiger partial charge in [0.25, 0.3) is 0 Å². The molecule has 0 saturated heterocycles. The maximum Gasteiger partial charge on any atom is 0.319 e. The summed E-state index contributed by atoms with van der Waals surface area (Å²) in [5.41, 5.74) is 2.18. The van der Waals surface area contributed by atoms with E-state index in [1.54, 1.807) is 17.8 Å². The van der Waals surface area contributed by atoms with Gasteiger partial charge in [-0.15, -0.1) is 11.8 Å². The Kier molecular flexibility index (Phi) is 5.75. The third-order valence-electron chi connectivity index (χ3n) is 4.50. The molecular formula is C21H23FN2O2S. The van der Waals surface area contributed by atoms with E-state index < -0.39 is 0 Å². The number of nitrogens with one attached hydrogen (secondary N) is 2. The Morgan fingerprint density at radius 2 is 1.96 bits per heavy atom. The lowest BCUT2D eigenvalue weighted by Crippen LogP contribution is -2.35. The van der Waals surface area contributed by atoms with Crippen molar-refractivity contribution in [1.29, 1.82) is 0 Å². The molecule has 6 heteroatoms. The second kappa shape index (κ2) is 8.05.